The Bertz CT molecular complexity index is 833. The molecular formula is C39H72N2O7. The highest BCUT2D eigenvalue weighted by Crippen LogP contribution is 2.16. The molecule has 0 spiro atoms. The second kappa shape index (κ2) is 34.4. The van der Waals surface area contributed by atoms with E-state index in [1.807, 2.05) is 0 Å². The normalized spacial score (nSPS) is 12.6. The Balaban J connectivity index is 4.22. The number of amides is 2. The molecule has 0 aromatic heterocycles. The van der Waals surface area contributed by atoms with Gasteiger partial charge in [-0.25, -0.2) is 4.79 Å². The summed E-state index contributed by atoms with van der Waals surface area (Å²) < 4.78 is 5.88. The SMILES string of the molecule is CCCCCCC/C=C\C(CCCCCCC(=O)NCC(=O)NC(CO)C(=O)O)OC(=O)CCCCCCCCCCCCCCCC. The van der Waals surface area contributed by atoms with Gasteiger partial charge in [0.15, 0.2) is 0 Å². The van der Waals surface area contributed by atoms with E-state index in [2.05, 4.69) is 36.6 Å². The van der Waals surface area contributed by atoms with Crippen LogP contribution < -0.4 is 10.6 Å². The molecule has 0 aliphatic heterocycles. The van der Waals surface area contributed by atoms with Crippen LogP contribution in [-0.2, 0) is 23.9 Å². The molecule has 0 saturated heterocycles. The molecule has 0 aromatic rings. The van der Waals surface area contributed by atoms with Crippen LogP contribution in [0.2, 0.25) is 0 Å². The summed E-state index contributed by atoms with van der Waals surface area (Å²) in [4.78, 5) is 47.3. The highest BCUT2D eigenvalue weighted by atomic mass is 16.5. The maximum absolute atomic E-state index is 12.6. The van der Waals surface area contributed by atoms with Crippen LogP contribution in [0.4, 0.5) is 0 Å². The molecule has 9 heteroatoms. The Morgan fingerprint density at radius 2 is 1.10 bits per heavy atom. The van der Waals surface area contributed by atoms with Crippen LogP contribution in [0.25, 0.3) is 0 Å². The number of hydrogen-bond donors (Lipinski definition) is 4. The first-order chi connectivity index (χ1) is 23.3. The molecule has 4 N–H and O–H groups in total. The van der Waals surface area contributed by atoms with Gasteiger partial charge in [-0.1, -0.05) is 142 Å². The lowest BCUT2D eigenvalue weighted by atomic mass is 10.0. The van der Waals surface area contributed by atoms with Crippen molar-refractivity contribution < 1.29 is 34.1 Å². The van der Waals surface area contributed by atoms with E-state index < -0.39 is 24.5 Å². The van der Waals surface area contributed by atoms with Gasteiger partial charge >= 0.3 is 11.9 Å². The number of carbonyl (C=O) groups excluding carboxylic acids is 3. The fourth-order valence-electron chi connectivity index (χ4n) is 5.68. The minimum Gasteiger partial charge on any atom is -0.480 e. The van der Waals surface area contributed by atoms with Crippen molar-refractivity contribution in [2.24, 2.45) is 0 Å². The monoisotopic (exact) mass is 681 g/mol. The molecule has 0 aliphatic rings. The summed E-state index contributed by atoms with van der Waals surface area (Å²) in [6.45, 7) is 3.43. The zero-order chi connectivity index (χ0) is 35.5. The smallest absolute Gasteiger partial charge is 0.328 e. The molecule has 0 aliphatic carbocycles. The van der Waals surface area contributed by atoms with Gasteiger partial charge in [0, 0.05) is 12.8 Å². The van der Waals surface area contributed by atoms with E-state index in [0.29, 0.717) is 12.8 Å². The summed E-state index contributed by atoms with van der Waals surface area (Å²) in [7, 11) is 0. The minimum absolute atomic E-state index is 0.110. The molecule has 2 atom stereocenters. The van der Waals surface area contributed by atoms with Gasteiger partial charge in [-0.05, 0) is 44.6 Å². The van der Waals surface area contributed by atoms with Crippen molar-refractivity contribution in [1.29, 1.82) is 0 Å². The molecule has 0 fully saturated rings. The predicted octanol–water partition coefficient (Wildman–Crippen LogP) is 8.70. The third-order valence-corrected chi connectivity index (χ3v) is 8.75. The molecule has 0 rings (SSSR count). The van der Waals surface area contributed by atoms with Crippen LogP contribution in [-0.4, -0.2) is 59.3 Å². The molecule has 2 amide bonds. The molecule has 0 radical (unpaired) electrons. The third-order valence-electron chi connectivity index (χ3n) is 8.75. The van der Waals surface area contributed by atoms with Crippen molar-refractivity contribution in [2.45, 2.75) is 199 Å². The topological polar surface area (TPSA) is 142 Å². The second-order valence-electron chi connectivity index (χ2n) is 13.4. The van der Waals surface area contributed by atoms with E-state index >= 15 is 0 Å². The maximum Gasteiger partial charge on any atom is 0.328 e. The summed E-state index contributed by atoms with van der Waals surface area (Å²) in [6.07, 6.45) is 34.0. The molecule has 48 heavy (non-hydrogen) atoms. The number of carboxylic acids is 1. The first-order valence-electron chi connectivity index (χ1n) is 19.6. The fraction of sp³-hybridized carbons (Fsp3) is 0.846. The standard InChI is InChI=1S/C39H72N2O7/c1-3-5-7-9-11-12-13-14-15-16-17-19-21-27-31-38(45)48-34(28-24-20-18-10-8-6-4-2)29-25-22-23-26-30-36(43)40-32-37(44)41-35(33-42)39(46)47/h24,28,34-35,42H,3-23,25-27,29-33H2,1-2H3,(H,40,43)(H,41,44)(H,46,47)/b28-24-. The van der Waals surface area contributed by atoms with Crippen LogP contribution in [0.1, 0.15) is 187 Å². The van der Waals surface area contributed by atoms with Gasteiger partial charge in [0.1, 0.15) is 12.1 Å². The summed E-state index contributed by atoms with van der Waals surface area (Å²) in [6, 6.07) is -1.39. The quantitative estimate of drug-likeness (QED) is 0.0298. The molecule has 0 aromatic carbocycles. The first kappa shape index (κ1) is 45.6. The van der Waals surface area contributed by atoms with E-state index in [1.54, 1.807) is 0 Å². The lowest BCUT2D eigenvalue weighted by molar-refractivity contribution is -0.147. The van der Waals surface area contributed by atoms with Gasteiger partial charge in [-0.15, -0.1) is 0 Å². The molecule has 0 heterocycles. The van der Waals surface area contributed by atoms with Gasteiger partial charge in [0.2, 0.25) is 11.8 Å². The minimum atomic E-state index is -1.39. The van der Waals surface area contributed by atoms with E-state index in [-0.39, 0.29) is 30.9 Å². The number of ether oxygens (including phenoxy) is 1. The van der Waals surface area contributed by atoms with E-state index in [9.17, 15) is 19.2 Å². The number of allylic oxidation sites excluding steroid dienone is 1. The van der Waals surface area contributed by atoms with Gasteiger partial charge in [-0.3, -0.25) is 14.4 Å². The van der Waals surface area contributed by atoms with E-state index in [0.717, 1.165) is 51.4 Å². The van der Waals surface area contributed by atoms with Crippen molar-refractivity contribution in [3.8, 4) is 0 Å². The van der Waals surface area contributed by atoms with Crippen molar-refractivity contribution in [2.75, 3.05) is 13.2 Å². The Labute approximate surface area is 292 Å². The van der Waals surface area contributed by atoms with E-state index in [1.165, 1.54) is 103 Å². The number of hydrogen-bond acceptors (Lipinski definition) is 6. The highest BCUT2D eigenvalue weighted by Gasteiger charge is 2.18. The molecule has 0 saturated carbocycles. The maximum atomic E-state index is 12.6. The van der Waals surface area contributed by atoms with Crippen LogP contribution in [0, 0.1) is 0 Å². The summed E-state index contributed by atoms with van der Waals surface area (Å²) >= 11 is 0. The zero-order valence-corrected chi connectivity index (χ0v) is 30.8. The van der Waals surface area contributed by atoms with Crippen LogP contribution in [0.15, 0.2) is 12.2 Å². The molecule has 280 valence electrons. The molecular weight excluding hydrogens is 608 g/mol. The number of unbranched alkanes of at least 4 members (excludes halogenated alkanes) is 21. The number of aliphatic carboxylic acids is 1. The van der Waals surface area contributed by atoms with E-state index in [4.69, 9.17) is 14.9 Å². The van der Waals surface area contributed by atoms with Crippen molar-refractivity contribution in [1.82, 2.24) is 10.6 Å². The molecule has 2 unspecified atom stereocenters. The molecule has 0 bridgehead atoms. The lowest BCUT2D eigenvalue weighted by Gasteiger charge is -2.15. The number of esters is 1. The second-order valence-corrected chi connectivity index (χ2v) is 13.4. The predicted molar refractivity (Wildman–Crippen MR) is 195 cm³/mol. The van der Waals surface area contributed by atoms with Gasteiger partial charge in [-0.2, -0.15) is 0 Å². The average molecular weight is 681 g/mol. The van der Waals surface area contributed by atoms with Gasteiger partial charge < -0.3 is 25.6 Å². The van der Waals surface area contributed by atoms with Gasteiger partial charge in [0.25, 0.3) is 0 Å². The number of carboxylic acid groups (broad SMARTS) is 1. The van der Waals surface area contributed by atoms with Gasteiger partial charge in [0.05, 0.1) is 13.2 Å². The Hall–Kier alpha value is -2.42. The van der Waals surface area contributed by atoms with Crippen LogP contribution >= 0.6 is 0 Å². The van der Waals surface area contributed by atoms with Crippen LogP contribution in [0.3, 0.4) is 0 Å². The summed E-state index contributed by atoms with van der Waals surface area (Å²) in [5.74, 6) is -2.39. The van der Waals surface area contributed by atoms with Crippen LogP contribution in [0.5, 0.6) is 0 Å². The summed E-state index contributed by atoms with van der Waals surface area (Å²) in [5.41, 5.74) is 0. The highest BCUT2D eigenvalue weighted by molar-refractivity contribution is 5.87. The Morgan fingerprint density at radius 1 is 0.625 bits per heavy atom. The van der Waals surface area contributed by atoms with Crippen molar-refractivity contribution >= 4 is 23.8 Å². The largest absolute Gasteiger partial charge is 0.480 e. The lowest BCUT2D eigenvalue weighted by Crippen LogP contribution is -2.47. The molecule has 9 nitrogen and oxygen atoms in total. The summed E-state index contributed by atoms with van der Waals surface area (Å²) in [5, 5.41) is 22.5. The third kappa shape index (κ3) is 30.9. The Kier molecular flexibility index (Phi) is 32.7. The first-order valence-corrected chi connectivity index (χ1v) is 19.6. The average Bonchev–Trinajstić information content (AvgIpc) is 3.07. The number of rotatable bonds is 35. The number of carbonyl (C=O) groups is 4. The Morgan fingerprint density at radius 3 is 1.62 bits per heavy atom. The van der Waals surface area contributed by atoms with Crippen molar-refractivity contribution in [3.05, 3.63) is 12.2 Å². The number of aliphatic hydroxyl groups is 1. The van der Waals surface area contributed by atoms with Crippen molar-refractivity contribution in [3.63, 3.8) is 0 Å². The number of aliphatic hydroxyl groups excluding tert-OH is 1. The zero-order valence-electron chi connectivity index (χ0n) is 30.8. The number of nitrogens with one attached hydrogen (secondary N) is 2. The fourth-order valence-corrected chi connectivity index (χ4v) is 5.68.